The van der Waals surface area contributed by atoms with Crippen LogP contribution in [-0.2, 0) is 6.42 Å². The SMILES string of the molecule is CNC(Cc1csc(C)n1)c1cccc(I)c1. The molecule has 0 bridgehead atoms. The normalized spacial score (nSPS) is 12.6. The van der Waals surface area contributed by atoms with Gasteiger partial charge in [-0.05, 0) is 54.3 Å². The zero-order chi connectivity index (χ0) is 12.3. The second-order valence-corrected chi connectivity index (χ2v) is 6.27. The van der Waals surface area contributed by atoms with Gasteiger partial charge in [0, 0.05) is 21.4 Å². The van der Waals surface area contributed by atoms with Crippen LogP contribution in [0.25, 0.3) is 0 Å². The molecule has 1 N–H and O–H groups in total. The molecule has 1 unspecified atom stereocenters. The first-order valence-corrected chi connectivity index (χ1v) is 7.48. The Labute approximate surface area is 120 Å². The first-order chi connectivity index (χ1) is 8.19. The van der Waals surface area contributed by atoms with E-state index in [1.165, 1.54) is 14.8 Å². The first kappa shape index (κ1) is 13.0. The fourth-order valence-corrected chi connectivity index (χ4v) is 3.01. The summed E-state index contributed by atoms with van der Waals surface area (Å²) in [5.41, 5.74) is 2.50. The smallest absolute Gasteiger partial charge is 0.0897 e. The molecule has 17 heavy (non-hydrogen) atoms. The Bertz CT molecular complexity index is 496. The van der Waals surface area contributed by atoms with Crippen molar-refractivity contribution in [2.45, 2.75) is 19.4 Å². The van der Waals surface area contributed by atoms with E-state index >= 15 is 0 Å². The van der Waals surface area contributed by atoms with E-state index in [1.807, 2.05) is 14.0 Å². The minimum absolute atomic E-state index is 0.339. The van der Waals surface area contributed by atoms with Gasteiger partial charge < -0.3 is 5.32 Å². The van der Waals surface area contributed by atoms with Crippen LogP contribution in [-0.4, -0.2) is 12.0 Å². The predicted molar refractivity (Wildman–Crippen MR) is 81.5 cm³/mol. The molecule has 0 aliphatic rings. The fraction of sp³-hybridized carbons (Fsp3) is 0.308. The van der Waals surface area contributed by atoms with Gasteiger partial charge in [-0.3, -0.25) is 0 Å². The third-order valence-electron chi connectivity index (χ3n) is 2.68. The molecule has 90 valence electrons. The van der Waals surface area contributed by atoms with Gasteiger partial charge in [-0.25, -0.2) is 4.98 Å². The maximum Gasteiger partial charge on any atom is 0.0897 e. The zero-order valence-electron chi connectivity index (χ0n) is 9.90. The average Bonchev–Trinajstić information content (AvgIpc) is 2.72. The summed E-state index contributed by atoms with van der Waals surface area (Å²) in [6, 6.07) is 8.95. The summed E-state index contributed by atoms with van der Waals surface area (Å²) in [6.45, 7) is 2.05. The number of hydrogen-bond donors (Lipinski definition) is 1. The largest absolute Gasteiger partial charge is 0.313 e. The van der Waals surface area contributed by atoms with E-state index in [0.717, 1.165) is 11.4 Å². The highest BCUT2D eigenvalue weighted by atomic mass is 127. The van der Waals surface area contributed by atoms with E-state index in [2.05, 4.69) is 62.5 Å². The monoisotopic (exact) mass is 358 g/mol. The number of nitrogens with one attached hydrogen (secondary N) is 1. The first-order valence-electron chi connectivity index (χ1n) is 5.53. The van der Waals surface area contributed by atoms with Crippen LogP contribution in [0.2, 0.25) is 0 Å². The van der Waals surface area contributed by atoms with Crippen LogP contribution in [0.4, 0.5) is 0 Å². The summed E-state index contributed by atoms with van der Waals surface area (Å²) >= 11 is 4.06. The number of benzene rings is 1. The van der Waals surface area contributed by atoms with Crippen LogP contribution in [0.5, 0.6) is 0 Å². The number of hydrogen-bond acceptors (Lipinski definition) is 3. The van der Waals surface area contributed by atoms with Crippen LogP contribution < -0.4 is 5.32 Å². The lowest BCUT2D eigenvalue weighted by Crippen LogP contribution is -2.19. The van der Waals surface area contributed by atoms with Crippen molar-refractivity contribution in [3.63, 3.8) is 0 Å². The van der Waals surface area contributed by atoms with E-state index in [4.69, 9.17) is 0 Å². The molecule has 1 heterocycles. The van der Waals surface area contributed by atoms with Gasteiger partial charge in [0.05, 0.1) is 10.7 Å². The van der Waals surface area contributed by atoms with E-state index in [-0.39, 0.29) is 0 Å². The number of likely N-dealkylation sites (N-methyl/N-ethyl adjacent to an activating group) is 1. The number of aryl methyl sites for hydroxylation is 1. The Hall–Kier alpha value is -0.460. The molecule has 0 amide bonds. The van der Waals surface area contributed by atoms with Crippen molar-refractivity contribution in [1.29, 1.82) is 0 Å². The van der Waals surface area contributed by atoms with Gasteiger partial charge in [0.1, 0.15) is 0 Å². The minimum Gasteiger partial charge on any atom is -0.313 e. The second-order valence-electron chi connectivity index (χ2n) is 3.96. The van der Waals surface area contributed by atoms with E-state index < -0.39 is 0 Å². The highest BCUT2D eigenvalue weighted by molar-refractivity contribution is 14.1. The number of rotatable bonds is 4. The van der Waals surface area contributed by atoms with Crippen LogP contribution in [0, 0.1) is 10.5 Å². The molecule has 2 rings (SSSR count). The van der Waals surface area contributed by atoms with E-state index in [1.54, 1.807) is 11.3 Å². The van der Waals surface area contributed by atoms with Gasteiger partial charge in [-0.1, -0.05) is 12.1 Å². The number of aromatic nitrogens is 1. The third-order valence-corrected chi connectivity index (χ3v) is 4.17. The lowest BCUT2D eigenvalue weighted by Gasteiger charge is -2.15. The number of thiazole rings is 1. The number of halogens is 1. The molecule has 4 heteroatoms. The lowest BCUT2D eigenvalue weighted by molar-refractivity contribution is 0.585. The lowest BCUT2D eigenvalue weighted by atomic mass is 10.0. The van der Waals surface area contributed by atoms with Crippen molar-refractivity contribution >= 4 is 33.9 Å². The average molecular weight is 358 g/mol. The summed E-state index contributed by atoms with van der Waals surface area (Å²) in [5, 5.41) is 6.65. The fourth-order valence-electron chi connectivity index (χ4n) is 1.82. The molecule has 0 saturated carbocycles. The van der Waals surface area contributed by atoms with Gasteiger partial charge in [0.25, 0.3) is 0 Å². The van der Waals surface area contributed by atoms with Crippen LogP contribution in [0.1, 0.15) is 22.3 Å². The third kappa shape index (κ3) is 3.50. The Balaban J connectivity index is 2.16. The Kier molecular flexibility index (Phi) is 4.53. The van der Waals surface area contributed by atoms with Crippen LogP contribution >= 0.6 is 33.9 Å². The minimum atomic E-state index is 0.339. The van der Waals surface area contributed by atoms with Crippen molar-refractivity contribution in [3.05, 3.63) is 49.5 Å². The molecule has 0 radical (unpaired) electrons. The van der Waals surface area contributed by atoms with E-state index in [0.29, 0.717) is 6.04 Å². The Morgan fingerprint density at radius 1 is 1.47 bits per heavy atom. The van der Waals surface area contributed by atoms with Crippen LogP contribution in [0.3, 0.4) is 0 Å². The van der Waals surface area contributed by atoms with Crippen molar-refractivity contribution in [1.82, 2.24) is 10.3 Å². The van der Waals surface area contributed by atoms with Crippen LogP contribution in [0.15, 0.2) is 29.6 Å². The van der Waals surface area contributed by atoms with Crippen molar-refractivity contribution in [2.75, 3.05) is 7.05 Å². The molecule has 0 fully saturated rings. The maximum atomic E-state index is 4.52. The highest BCUT2D eigenvalue weighted by Gasteiger charge is 2.11. The summed E-state index contributed by atoms with van der Waals surface area (Å²) in [4.78, 5) is 4.52. The van der Waals surface area contributed by atoms with Gasteiger partial charge in [-0.2, -0.15) is 0 Å². The van der Waals surface area contributed by atoms with Gasteiger partial charge in [0.15, 0.2) is 0 Å². The second kappa shape index (κ2) is 5.93. The molecule has 0 spiro atoms. The topological polar surface area (TPSA) is 24.9 Å². The zero-order valence-corrected chi connectivity index (χ0v) is 12.9. The van der Waals surface area contributed by atoms with E-state index in [9.17, 15) is 0 Å². The summed E-state index contributed by atoms with van der Waals surface area (Å²) < 4.78 is 1.27. The van der Waals surface area contributed by atoms with Gasteiger partial charge >= 0.3 is 0 Å². The molecule has 0 saturated heterocycles. The molecule has 0 aliphatic carbocycles. The highest BCUT2D eigenvalue weighted by Crippen LogP contribution is 2.21. The Morgan fingerprint density at radius 3 is 2.88 bits per heavy atom. The summed E-state index contributed by atoms with van der Waals surface area (Å²) in [7, 11) is 2.00. The molecule has 2 nitrogen and oxygen atoms in total. The molecular weight excluding hydrogens is 343 g/mol. The number of nitrogens with zero attached hydrogens (tertiary/aromatic N) is 1. The summed E-state index contributed by atoms with van der Waals surface area (Å²) in [6.07, 6.45) is 0.945. The molecular formula is C13H15IN2S. The summed E-state index contributed by atoms with van der Waals surface area (Å²) in [5.74, 6) is 0. The molecule has 2 aromatic rings. The van der Waals surface area contributed by atoms with Gasteiger partial charge in [0.2, 0.25) is 0 Å². The molecule has 1 aromatic carbocycles. The molecule has 1 atom stereocenters. The Morgan fingerprint density at radius 2 is 2.29 bits per heavy atom. The van der Waals surface area contributed by atoms with Gasteiger partial charge in [-0.15, -0.1) is 11.3 Å². The predicted octanol–water partition coefficient (Wildman–Crippen LogP) is 3.56. The quantitative estimate of drug-likeness (QED) is 0.846. The molecule has 0 aliphatic heterocycles. The van der Waals surface area contributed by atoms with Crippen molar-refractivity contribution in [2.24, 2.45) is 0 Å². The van der Waals surface area contributed by atoms with Crippen molar-refractivity contribution in [3.8, 4) is 0 Å². The maximum absolute atomic E-state index is 4.52. The molecule has 1 aromatic heterocycles. The standard InChI is InChI=1S/C13H15IN2S/c1-9-16-12(8-17-9)7-13(15-2)10-4-3-5-11(14)6-10/h3-6,8,13,15H,7H2,1-2H3. The van der Waals surface area contributed by atoms with Crippen molar-refractivity contribution < 1.29 is 0 Å².